The van der Waals surface area contributed by atoms with E-state index in [2.05, 4.69) is 10.6 Å². The average molecular weight is 277 g/mol. The molecule has 20 heavy (non-hydrogen) atoms. The summed E-state index contributed by atoms with van der Waals surface area (Å²) in [4.78, 5) is 23.6. The lowest BCUT2D eigenvalue weighted by Crippen LogP contribution is -2.35. The summed E-state index contributed by atoms with van der Waals surface area (Å²) in [6.45, 7) is 6.29. The van der Waals surface area contributed by atoms with Gasteiger partial charge in [-0.25, -0.2) is 0 Å². The average Bonchev–Trinajstić information content (AvgIpc) is 2.41. The molecule has 0 bridgehead atoms. The van der Waals surface area contributed by atoms with Crippen LogP contribution in [0.2, 0.25) is 0 Å². The second-order valence-corrected chi connectivity index (χ2v) is 4.77. The molecule has 1 aromatic carbocycles. The lowest BCUT2D eigenvalue weighted by Gasteiger charge is -2.13. The Morgan fingerprint density at radius 1 is 1.30 bits per heavy atom. The highest BCUT2D eigenvalue weighted by atomic mass is 16.2. The predicted octanol–water partition coefficient (Wildman–Crippen LogP) is 1.81. The highest BCUT2D eigenvalue weighted by Crippen LogP contribution is 2.17. The molecule has 1 rings (SSSR count). The van der Waals surface area contributed by atoms with Crippen LogP contribution in [0.5, 0.6) is 0 Å². The monoisotopic (exact) mass is 277 g/mol. The van der Waals surface area contributed by atoms with E-state index in [4.69, 9.17) is 5.73 Å². The molecule has 0 spiro atoms. The Balaban J connectivity index is 2.78. The topological polar surface area (TPSA) is 84.2 Å². The Kier molecular flexibility index (Phi) is 6.18. The van der Waals surface area contributed by atoms with E-state index in [0.29, 0.717) is 24.2 Å². The molecule has 0 unspecified atom stereocenters. The number of nitrogens with two attached hydrogens (primary N) is 1. The molecule has 0 saturated heterocycles. The summed E-state index contributed by atoms with van der Waals surface area (Å²) >= 11 is 0. The maximum Gasteiger partial charge on any atom is 0.251 e. The van der Waals surface area contributed by atoms with Gasteiger partial charge in [-0.3, -0.25) is 9.59 Å². The lowest BCUT2D eigenvalue weighted by atomic mass is 10.1. The fraction of sp³-hybridized carbons (Fsp3) is 0.467. The molecule has 0 aliphatic heterocycles. The molecule has 0 aromatic heterocycles. The second-order valence-electron chi connectivity index (χ2n) is 4.77. The van der Waals surface area contributed by atoms with Gasteiger partial charge in [0.05, 0.1) is 6.04 Å². The van der Waals surface area contributed by atoms with Gasteiger partial charge in [-0.2, -0.15) is 0 Å². The minimum absolute atomic E-state index is 0.115. The standard InChI is InChI=1S/C15H23N3O2/c1-4-6-12(16)15(20)18-13-8-7-11(9-10(13)3)14(19)17-5-2/h7-9,12H,4-6,16H2,1-3H3,(H,17,19)(H,18,20)/t12-/m1/s1. The number of rotatable bonds is 6. The van der Waals surface area contributed by atoms with Crippen LogP contribution < -0.4 is 16.4 Å². The number of hydrogen-bond acceptors (Lipinski definition) is 3. The number of aryl methyl sites for hydroxylation is 1. The van der Waals surface area contributed by atoms with E-state index in [0.717, 1.165) is 12.0 Å². The lowest BCUT2D eigenvalue weighted by molar-refractivity contribution is -0.117. The number of nitrogens with one attached hydrogen (secondary N) is 2. The van der Waals surface area contributed by atoms with Crippen molar-refractivity contribution < 1.29 is 9.59 Å². The van der Waals surface area contributed by atoms with Crippen molar-refractivity contribution in [2.75, 3.05) is 11.9 Å². The van der Waals surface area contributed by atoms with Crippen LogP contribution in [0.15, 0.2) is 18.2 Å². The third-order valence-corrected chi connectivity index (χ3v) is 3.02. The van der Waals surface area contributed by atoms with E-state index < -0.39 is 6.04 Å². The normalized spacial score (nSPS) is 11.8. The molecule has 0 radical (unpaired) electrons. The van der Waals surface area contributed by atoms with Crippen LogP contribution in [0.1, 0.15) is 42.6 Å². The number of benzene rings is 1. The minimum Gasteiger partial charge on any atom is -0.352 e. The van der Waals surface area contributed by atoms with Gasteiger partial charge in [0.25, 0.3) is 5.91 Å². The summed E-state index contributed by atoms with van der Waals surface area (Å²) in [5, 5.41) is 5.54. The summed E-state index contributed by atoms with van der Waals surface area (Å²) in [6.07, 6.45) is 1.52. The summed E-state index contributed by atoms with van der Waals surface area (Å²) < 4.78 is 0. The van der Waals surface area contributed by atoms with E-state index in [1.54, 1.807) is 18.2 Å². The van der Waals surface area contributed by atoms with Gasteiger partial charge in [0.2, 0.25) is 5.91 Å². The Morgan fingerprint density at radius 2 is 2.00 bits per heavy atom. The smallest absolute Gasteiger partial charge is 0.251 e. The molecule has 0 aliphatic carbocycles. The van der Waals surface area contributed by atoms with Crippen molar-refractivity contribution in [2.24, 2.45) is 5.73 Å². The molecule has 5 nitrogen and oxygen atoms in total. The fourth-order valence-corrected chi connectivity index (χ4v) is 1.88. The van der Waals surface area contributed by atoms with Crippen molar-refractivity contribution in [2.45, 2.75) is 39.7 Å². The molecule has 0 fully saturated rings. The van der Waals surface area contributed by atoms with Crippen LogP contribution in [0.4, 0.5) is 5.69 Å². The van der Waals surface area contributed by atoms with Gasteiger partial charge < -0.3 is 16.4 Å². The quantitative estimate of drug-likeness (QED) is 0.741. The van der Waals surface area contributed by atoms with E-state index in [1.807, 2.05) is 20.8 Å². The summed E-state index contributed by atoms with van der Waals surface area (Å²) in [7, 11) is 0. The molecule has 1 aromatic rings. The third kappa shape index (κ3) is 4.35. The first-order valence-electron chi connectivity index (χ1n) is 6.94. The Morgan fingerprint density at radius 3 is 2.55 bits per heavy atom. The third-order valence-electron chi connectivity index (χ3n) is 3.02. The van der Waals surface area contributed by atoms with E-state index >= 15 is 0 Å². The van der Waals surface area contributed by atoms with Crippen LogP contribution in [0.25, 0.3) is 0 Å². The molecule has 0 heterocycles. The number of anilines is 1. The van der Waals surface area contributed by atoms with Crippen LogP contribution >= 0.6 is 0 Å². The van der Waals surface area contributed by atoms with Gasteiger partial charge >= 0.3 is 0 Å². The molecule has 0 aliphatic rings. The molecule has 4 N–H and O–H groups in total. The van der Waals surface area contributed by atoms with Crippen molar-refractivity contribution >= 4 is 17.5 Å². The fourth-order valence-electron chi connectivity index (χ4n) is 1.88. The second kappa shape index (κ2) is 7.65. The highest BCUT2D eigenvalue weighted by molar-refractivity contribution is 5.97. The predicted molar refractivity (Wildman–Crippen MR) is 80.7 cm³/mol. The first-order chi connectivity index (χ1) is 9.49. The maximum absolute atomic E-state index is 11.9. The first-order valence-corrected chi connectivity index (χ1v) is 6.94. The number of carbonyl (C=O) groups is 2. The Bertz CT molecular complexity index is 486. The van der Waals surface area contributed by atoms with E-state index in [-0.39, 0.29) is 11.8 Å². The van der Waals surface area contributed by atoms with Crippen molar-refractivity contribution in [3.05, 3.63) is 29.3 Å². The molecular formula is C15H23N3O2. The summed E-state index contributed by atoms with van der Waals surface area (Å²) in [6, 6.07) is 4.68. The summed E-state index contributed by atoms with van der Waals surface area (Å²) in [5.41, 5.74) is 7.88. The van der Waals surface area contributed by atoms with Crippen molar-refractivity contribution in [3.63, 3.8) is 0 Å². The van der Waals surface area contributed by atoms with Gasteiger partial charge in [0.1, 0.15) is 0 Å². The first kappa shape index (κ1) is 16.2. The molecule has 5 heteroatoms. The zero-order valence-electron chi connectivity index (χ0n) is 12.3. The minimum atomic E-state index is -0.498. The molecule has 2 amide bonds. The van der Waals surface area contributed by atoms with Crippen molar-refractivity contribution in [1.29, 1.82) is 0 Å². The van der Waals surface area contributed by atoms with Gasteiger partial charge in [0, 0.05) is 17.8 Å². The van der Waals surface area contributed by atoms with Gasteiger partial charge in [-0.05, 0) is 44.0 Å². The summed E-state index contributed by atoms with van der Waals surface area (Å²) in [5.74, 6) is -0.308. The van der Waals surface area contributed by atoms with Gasteiger partial charge in [-0.1, -0.05) is 13.3 Å². The van der Waals surface area contributed by atoms with Crippen LogP contribution in [0, 0.1) is 6.92 Å². The zero-order valence-corrected chi connectivity index (χ0v) is 12.3. The largest absolute Gasteiger partial charge is 0.352 e. The Hall–Kier alpha value is -1.88. The number of amides is 2. The van der Waals surface area contributed by atoms with Gasteiger partial charge in [0.15, 0.2) is 0 Å². The zero-order chi connectivity index (χ0) is 15.1. The SMILES string of the molecule is CCC[C@@H](N)C(=O)Nc1ccc(C(=O)NCC)cc1C. The van der Waals surface area contributed by atoms with Crippen LogP contribution in [-0.2, 0) is 4.79 Å². The van der Waals surface area contributed by atoms with Crippen molar-refractivity contribution in [1.82, 2.24) is 5.32 Å². The molecule has 0 saturated carbocycles. The van der Waals surface area contributed by atoms with E-state index in [9.17, 15) is 9.59 Å². The van der Waals surface area contributed by atoms with Crippen LogP contribution in [-0.4, -0.2) is 24.4 Å². The molecule has 1 atom stereocenters. The Labute approximate surface area is 119 Å². The van der Waals surface area contributed by atoms with Gasteiger partial charge in [-0.15, -0.1) is 0 Å². The molecular weight excluding hydrogens is 254 g/mol. The van der Waals surface area contributed by atoms with Crippen LogP contribution in [0.3, 0.4) is 0 Å². The van der Waals surface area contributed by atoms with Crippen molar-refractivity contribution in [3.8, 4) is 0 Å². The van der Waals surface area contributed by atoms with E-state index in [1.165, 1.54) is 0 Å². The molecule has 110 valence electrons. The number of hydrogen-bond donors (Lipinski definition) is 3. The number of carbonyl (C=O) groups excluding carboxylic acids is 2. The highest BCUT2D eigenvalue weighted by Gasteiger charge is 2.14. The maximum atomic E-state index is 11.9.